The van der Waals surface area contributed by atoms with Crippen molar-refractivity contribution < 1.29 is 9.53 Å². The van der Waals surface area contributed by atoms with Crippen molar-refractivity contribution >= 4 is 21.8 Å². The van der Waals surface area contributed by atoms with Gasteiger partial charge in [0.2, 0.25) is 5.91 Å². The second kappa shape index (κ2) is 4.69. The molecule has 0 radical (unpaired) electrons. The van der Waals surface area contributed by atoms with E-state index in [-0.39, 0.29) is 11.4 Å². The van der Waals surface area contributed by atoms with Crippen LogP contribution in [0.3, 0.4) is 0 Å². The Morgan fingerprint density at radius 3 is 2.88 bits per heavy atom. The lowest BCUT2D eigenvalue weighted by Crippen LogP contribution is -2.40. The minimum absolute atomic E-state index is 0.140. The molecule has 1 unspecified atom stereocenters. The van der Waals surface area contributed by atoms with Crippen molar-refractivity contribution in [2.45, 2.75) is 31.7 Å². The summed E-state index contributed by atoms with van der Waals surface area (Å²) in [6.45, 7) is 2.08. The normalized spacial score (nSPS) is 23.6. The molecule has 3 nitrogen and oxygen atoms in total. The fourth-order valence-electron chi connectivity index (χ4n) is 2.29. The summed E-state index contributed by atoms with van der Waals surface area (Å²) in [7, 11) is 1.67. The summed E-state index contributed by atoms with van der Waals surface area (Å²) in [6.07, 6.45) is 2.29. The van der Waals surface area contributed by atoms with Crippen LogP contribution in [0, 0.1) is 0 Å². The Morgan fingerprint density at radius 1 is 1.53 bits per heavy atom. The second-order valence-electron chi connectivity index (χ2n) is 4.74. The fourth-order valence-corrected chi connectivity index (χ4v) is 2.70. The summed E-state index contributed by atoms with van der Waals surface area (Å²) in [5, 5.41) is 3.04. The molecule has 1 amide bonds. The number of ether oxygens (including phenoxy) is 1. The third-order valence-electron chi connectivity index (χ3n) is 3.17. The van der Waals surface area contributed by atoms with Crippen LogP contribution < -0.4 is 10.1 Å². The van der Waals surface area contributed by atoms with Crippen LogP contribution in [0.5, 0.6) is 5.75 Å². The van der Waals surface area contributed by atoms with Gasteiger partial charge in [0.1, 0.15) is 5.75 Å². The largest absolute Gasteiger partial charge is 0.496 e. The smallest absolute Gasteiger partial charge is 0.220 e. The molecule has 1 atom stereocenters. The maximum Gasteiger partial charge on any atom is 0.220 e. The molecular formula is C13H16BrNO2. The van der Waals surface area contributed by atoms with Gasteiger partial charge in [0.05, 0.1) is 7.11 Å². The number of amides is 1. The van der Waals surface area contributed by atoms with Crippen LogP contribution in [0.15, 0.2) is 22.7 Å². The van der Waals surface area contributed by atoms with E-state index in [1.54, 1.807) is 7.11 Å². The lowest BCUT2D eigenvalue weighted by Gasteiger charge is -2.25. The number of methoxy groups -OCH3 is 1. The summed E-state index contributed by atoms with van der Waals surface area (Å²) in [4.78, 5) is 11.3. The molecule has 1 heterocycles. The number of nitrogens with one attached hydrogen (secondary N) is 1. The fraction of sp³-hybridized carbons (Fsp3) is 0.462. The second-order valence-corrected chi connectivity index (χ2v) is 5.66. The first-order valence-corrected chi connectivity index (χ1v) is 6.45. The number of hydrogen-bond acceptors (Lipinski definition) is 2. The average Bonchev–Trinajstić information content (AvgIpc) is 2.59. The molecule has 1 aliphatic heterocycles. The molecule has 0 aromatic heterocycles. The van der Waals surface area contributed by atoms with Gasteiger partial charge in [-0.25, -0.2) is 0 Å². The quantitative estimate of drug-likeness (QED) is 0.931. The first-order chi connectivity index (χ1) is 8.02. The molecule has 1 aliphatic rings. The van der Waals surface area contributed by atoms with Crippen LogP contribution in [-0.2, 0) is 11.2 Å². The van der Waals surface area contributed by atoms with Crippen LogP contribution in [0.2, 0.25) is 0 Å². The van der Waals surface area contributed by atoms with E-state index in [1.807, 2.05) is 12.1 Å². The molecular weight excluding hydrogens is 282 g/mol. The lowest BCUT2D eigenvalue weighted by atomic mass is 9.91. The number of benzene rings is 1. The van der Waals surface area contributed by atoms with E-state index < -0.39 is 0 Å². The molecule has 0 spiro atoms. The van der Waals surface area contributed by atoms with E-state index in [0.29, 0.717) is 6.42 Å². The molecule has 1 saturated heterocycles. The Bertz CT molecular complexity index is 447. The maximum atomic E-state index is 11.3. The summed E-state index contributed by atoms with van der Waals surface area (Å²) >= 11 is 3.46. The third-order valence-corrected chi connectivity index (χ3v) is 3.66. The molecule has 1 fully saturated rings. The highest BCUT2D eigenvalue weighted by Crippen LogP contribution is 2.30. The number of halogens is 1. The maximum absolute atomic E-state index is 11.3. The molecule has 17 heavy (non-hydrogen) atoms. The topological polar surface area (TPSA) is 38.3 Å². The van der Waals surface area contributed by atoms with Gasteiger partial charge in [0, 0.05) is 16.4 Å². The van der Waals surface area contributed by atoms with Crippen molar-refractivity contribution in [3.05, 3.63) is 28.2 Å². The Hall–Kier alpha value is -1.03. The van der Waals surface area contributed by atoms with Crippen molar-refractivity contribution in [1.82, 2.24) is 5.32 Å². The number of carbonyl (C=O) groups excluding carboxylic acids is 1. The lowest BCUT2D eigenvalue weighted by molar-refractivity contribution is -0.119. The van der Waals surface area contributed by atoms with Crippen molar-refractivity contribution in [2.24, 2.45) is 0 Å². The summed E-state index contributed by atoms with van der Waals surface area (Å²) in [5.74, 6) is 1.01. The van der Waals surface area contributed by atoms with E-state index in [9.17, 15) is 4.79 Å². The van der Waals surface area contributed by atoms with E-state index >= 15 is 0 Å². The molecule has 0 bridgehead atoms. The Balaban J connectivity index is 2.23. The highest BCUT2D eigenvalue weighted by atomic mass is 79.9. The minimum atomic E-state index is -0.148. The van der Waals surface area contributed by atoms with E-state index in [4.69, 9.17) is 4.74 Å². The van der Waals surface area contributed by atoms with Gasteiger partial charge in [0.15, 0.2) is 0 Å². The molecule has 1 aromatic rings. The number of hydrogen-bond donors (Lipinski definition) is 1. The van der Waals surface area contributed by atoms with Crippen molar-refractivity contribution in [1.29, 1.82) is 0 Å². The van der Waals surface area contributed by atoms with Gasteiger partial charge >= 0.3 is 0 Å². The molecule has 1 N–H and O–H groups in total. The highest BCUT2D eigenvalue weighted by molar-refractivity contribution is 9.10. The zero-order valence-electron chi connectivity index (χ0n) is 10.0. The average molecular weight is 298 g/mol. The van der Waals surface area contributed by atoms with Gasteiger partial charge in [-0.2, -0.15) is 0 Å². The van der Waals surface area contributed by atoms with Gasteiger partial charge in [-0.05, 0) is 43.5 Å². The van der Waals surface area contributed by atoms with Gasteiger partial charge in [-0.1, -0.05) is 15.9 Å². The summed E-state index contributed by atoms with van der Waals surface area (Å²) in [5.41, 5.74) is 0.970. The number of rotatable bonds is 3. The molecule has 0 aliphatic carbocycles. The zero-order valence-corrected chi connectivity index (χ0v) is 11.6. The van der Waals surface area contributed by atoms with Crippen LogP contribution in [0.4, 0.5) is 0 Å². The third kappa shape index (κ3) is 2.80. The van der Waals surface area contributed by atoms with Gasteiger partial charge in [-0.15, -0.1) is 0 Å². The molecule has 2 rings (SSSR count). The van der Waals surface area contributed by atoms with Crippen LogP contribution in [0.1, 0.15) is 25.3 Å². The zero-order chi connectivity index (χ0) is 12.5. The van der Waals surface area contributed by atoms with Crippen LogP contribution in [-0.4, -0.2) is 18.6 Å². The molecule has 4 heteroatoms. The molecule has 0 saturated carbocycles. The van der Waals surface area contributed by atoms with E-state index in [1.165, 1.54) is 0 Å². The summed E-state index contributed by atoms with van der Waals surface area (Å²) < 4.78 is 6.38. The first-order valence-electron chi connectivity index (χ1n) is 5.66. The Morgan fingerprint density at radius 2 is 2.29 bits per heavy atom. The van der Waals surface area contributed by atoms with Crippen molar-refractivity contribution in [3.8, 4) is 5.75 Å². The minimum Gasteiger partial charge on any atom is -0.496 e. The number of carbonyl (C=O) groups is 1. The predicted molar refractivity (Wildman–Crippen MR) is 70.2 cm³/mol. The van der Waals surface area contributed by atoms with Crippen molar-refractivity contribution in [2.75, 3.05) is 7.11 Å². The highest BCUT2D eigenvalue weighted by Gasteiger charge is 2.33. The monoisotopic (exact) mass is 297 g/mol. The predicted octanol–water partition coefficient (Wildman–Crippen LogP) is 2.67. The van der Waals surface area contributed by atoms with Gasteiger partial charge in [-0.3, -0.25) is 4.79 Å². The van der Waals surface area contributed by atoms with E-state index in [0.717, 1.165) is 28.6 Å². The van der Waals surface area contributed by atoms with Gasteiger partial charge < -0.3 is 10.1 Å². The van der Waals surface area contributed by atoms with Crippen LogP contribution >= 0.6 is 15.9 Å². The first kappa shape index (κ1) is 12.4. The standard InChI is InChI=1S/C13H16BrNO2/c1-13(6-5-12(16)15-13)8-9-7-10(14)3-4-11(9)17-2/h3-4,7H,5-6,8H2,1-2H3,(H,15,16). The van der Waals surface area contributed by atoms with Crippen molar-refractivity contribution in [3.63, 3.8) is 0 Å². The van der Waals surface area contributed by atoms with Gasteiger partial charge in [0.25, 0.3) is 0 Å². The van der Waals surface area contributed by atoms with E-state index in [2.05, 4.69) is 34.2 Å². The SMILES string of the molecule is COc1ccc(Br)cc1CC1(C)CCC(=O)N1. The Labute approximate surface area is 110 Å². The summed E-state index contributed by atoms with van der Waals surface area (Å²) in [6, 6.07) is 5.95. The van der Waals surface area contributed by atoms with Crippen LogP contribution in [0.25, 0.3) is 0 Å². The molecule has 92 valence electrons. The Kier molecular flexibility index (Phi) is 3.43. The molecule has 1 aromatic carbocycles.